The van der Waals surface area contributed by atoms with Gasteiger partial charge in [0.05, 0.1) is 12.6 Å². The molecule has 0 aromatic rings. The van der Waals surface area contributed by atoms with Gasteiger partial charge in [0.25, 0.3) is 0 Å². The highest BCUT2D eigenvalue weighted by molar-refractivity contribution is 5.81. The molecule has 0 bridgehead atoms. The fourth-order valence-corrected chi connectivity index (χ4v) is 3.15. The lowest BCUT2D eigenvalue weighted by atomic mass is 10.0. The van der Waals surface area contributed by atoms with Crippen molar-refractivity contribution in [2.45, 2.75) is 75.9 Å². The Labute approximate surface area is 167 Å². The van der Waals surface area contributed by atoms with Gasteiger partial charge in [-0.25, -0.2) is 0 Å². The summed E-state index contributed by atoms with van der Waals surface area (Å²) in [5.74, 6) is -0.285. The summed E-state index contributed by atoms with van der Waals surface area (Å²) < 4.78 is 11.1. The lowest BCUT2D eigenvalue weighted by Crippen LogP contribution is -2.54. The number of hydrogen-bond donors (Lipinski definition) is 5. The van der Waals surface area contributed by atoms with Gasteiger partial charge in [-0.15, -0.1) is 0 Å². The Kier molecular flexibility index (Phi) is 12.8. The van der Waals surface area contributed by atoms with Crippen LogP contribution in [0.15, 0.2) is 0 Å². The second-order valence-electron chi connectivity index (χ2n) is 7.35. The van der Waals surface area contributed by atoms with E-state index in [0.717, 1.165) is 19.3 Å². The molecule has 1 saturated heterocycles. The maximum Gasteiger partial charge on any atom is 0.239 e. The molecule has 1 aliphatic heterocycles. The number of carbonyl (C=O) groups excluding carboxylic acids is 1. The summed E-state index contributed by atoms with van der Waals surface area (Å²) >= 11 is 0. The van der Waals surface area contributed by atoms with E-state index in [-0.39, 0.29) is 19.1 Å². The van der Waals surface area contributed by atoms with E-state index in [4.69, 9.17) is 15.2 Å². The number of hydrogen-bond acceptors (Lipinski definition) is 8. The molecule has 0 radical (unpaired) electrons. The van der Waals surface area contributed by atoms with Crippen LogP contribution in [0.5, 0.6) is 0 Å². The van der Waals surface area contributed by atoms with Crippen LogP contribution in [-0.4, -0.2) is 101 Å². The van der Waals surface area contributed by atoms with Crippen LogP contribution in [-0.2, 0) is 14.3 Å². The van der Waals surface area contributed by atoms with Crippen LogP contribution in [0.1, 0.15) is 45.4 Å². The number of unbranched alkanes of at least 4 members (excludes halogenated alkanes) is 1. The van der Waals surface area contributed by atoms with Gasteiger partial charge >= 0.3 is 0 Å². The molecule has 0 aliphatic carbocycles. The Bertz CT molecular complexity index is 427. The van der Waals surface area contributed by atoms with Crippen LogP contribution >= 0.6 is 0 Å². The first kappa shape index (κ1) is 25.2. The van der Waals surface area contributed by atoms with Crippen molar-refractivity contribution in [3.8, 4) is 0 Å². The largest absolute Gasteiger partial charge is 0.394 e. The van der Waals surface area contributed by atoms with Crippen LogP contribution in [0.2, 0.25) is 0 Å². The molecule has 1 fully saturated rings. The van der Waals surface area contributed by atoms with E-state index >= 15 is 0 Å². The number of nitrogens with two attached hydrogens (primary N) is 1. The van der Waals surface area contributed by atoms with E-state index in [1.807, 2.05) is 6.92 Å². The summed E-state index contributed by atoms with van der Waals surface area (Å²) in [6, 6.07) is -0.667. The van der Waals surface area contributed by atoms with Crippen molar-refractivity contribution in [1.82, 2.24) is 4.90 Å². The van der Waals surface area contributed by atoms with Crippen LogP contribution in [0, 0.1) is 0 Å². The molecule has 0 aromatic carbocycles. The molecule has 0 spiro atoms. The van der Waals surface area contributed by atoms with Crippen LogP contribution < -0.4 is 5.73 Å². The predicted molar refractivity (Wildman–Crippen MR) is 104 cm³/mol. The Balaban J connectivity index is 2.87. The summed E-state index contributed by atoms with van der Waals surface area (Å²) in [4.78, 5) is 14.2. The van der Waals surface area contributed by atoms with E-state index in [1.165, 1.54) is 4.90 Å². The number of ether oxygens (including phenoxy) is 2. The lowest BCUT2D eigenvalue weighted by molar-refractivity contribution is -0.152. The number of amides is 1. The van der Waals surface area contributed by atoms with Crippen LogP contribution in [0.25, 0.3) is 0 Å². The molecular weight excluding hydrogens is 368 g/mol. The second-order valence-corrected chi connectivity index (χ2v) is 7.35. The Morgan fingerprint density at radius 1 is 1.21 bits per heavy atom. The van der Waals surface area contributed by atoms with Crippen LogP contribution in [0.4, 0.5) is 0 Å². The molecular formula is C19H38N2O7. The molecule has 166 valence electrons. The zero-order valence-electron chi connectivity index (χ0n) is 16.9. The van der Waals surface area contributed by atoms with Gasteiger partial charge in [-0.1, -0.05) is 19.8 Å². The zero-order valence-corrected chi connectivity index (χ0v) is 16.9. The van der Waals surface area contributed by atoms with Gasteiger partial charge in [-0.3, -0.25) is 4.79 Å². The van der Waals surface area contributed by atoms with Gasteiger partial charge in [0.15, 0.2) is 0 Å². The summed E-state index contributed by atoms with van der Waals surface area (Å²) in [6.45, 7) is 2.89. The smallest absolute Gasteiger partial charge is 0.239 e. The molecule has 9 heteroatoms. The highest BCUT2D eigenvalue weighted by atomic mass is 16.5. The van der Waals surface area contributed by atoms with Crippen molar-refractivity contribution in [2.24, 2.45) is 5.73 Å². The van der Waals surface area contributed by atoms with E-state index < -0.39 is 37.1 Å². The monoisotopic (exact) mass is 406 g/mol. The highest BCUT2D eigenvalue weighted by Gasteiger charge is 2.34. The van der Waals surface area contributed by atoms with E-state index in [1.54, 1.807) is 0 Å². The summed E-state index contributed by atoms with van der Waals surface area (Å²) in [5.41, 5.74) is 6.01. The maximum atomic E-state index is 12.7. The third-order valence-electron chi connectivity index (χ3n) is 4.91. The molecule has 0 saturated carbocycles. The fraction of sp³-hybridized carbons (Fsp3) is 0.947. The number of nitrogens with zero attached hydrogens (tertiary/aromatic N) is 1. The quantitative estimate of drug-likeness (QED) is 0.377. The van der Waals surface area contributed by atoms with Gasteiger partial charge in [0.1, 0.15) is 24.4 Å². The molecule has 5 atom stereocenters. The van der Waals surface area contributed by atoms with Gasteiger partial charge in [-0.05, 0) is 25.7 Å². The Morgan fingerprint density at radius 2 is 1.89 bits per heavy atom. The van der Waals surface area contributed by atoms with Crippen molar-refractivity contribution in [3.63, 3.8) is 0 Å². The third kappa shape index (κ3) is 8.69. The van der Waals surface area contributed by atoms with Gasteiger partial charge in [0, 0.05) is 32.9 Å². The highest BCUT2D eigenvalue weighted by Crippen LogP contribution is 2.14. The van der Waals surface area contributed by atoms with Gasteiger partial charge in [0.2, 0.25) is 5.91 Å². The normalized spacial score (nSPS) is 28.4. The Hall–Kier alpha value is -0.810. The van der Waals surface area contributed by atoms with E-state index in [2.05, 4.69) is 0 Å². The molecule has 1 aliphatic rings. The van der Waals surface area contributed by atoms with Crippen molar-refractivity contribution in [1.29, 1.82) is 0 Å². The topological polar surface area (TPSA) is 146 Å². The van der Waals surface area contributed by atoms with E-state index in [9.17, 15) is 25.2 Å². The lowest BCUT2D eigenvalue weighted by Gasteiger charge is -2.34. The SMILES string of the molecule is CCCC[C@@H](N)C(=O)N1CCCOCCCCO[C@H]([C@H](O)CO)[C@H](O)[C@H](O)C1. The number of aliphatic hydroxyl groups is 4. The number of aliphatic hydroxyl groups excluding tert-OH is 4. The van der Waals surface area contributed by atoms with Crippen molar-refractivity contribution < 1.29 is 34.7 Å². The molecule has 28 heavy (non-hydrogen) atoms. The maximum absolute atomic E-state index is 12.7. The van der Waals surface area contributed by atoms with E-state index in [0.29, 0.717) is 39.0 Å². The summed E-state index contributed by atoms with van der Waals surface area (Å²) in [7, 11) is 0. The molecule has 1 heterocycles. The predicted octanol–water partition coefficient (Wildman–Crippen LogP) is -1.01. The second kappa shape index (κ2) is 14.2. The van der Waals surface area contributed by atoms with Crippen LogP contribution in [0.3, 0.4) is 0 Å². The molecule has 9 nitrogen and oxygen atoms in total. The first-order valence-electron chi connectivity index (χ1n) is 10.3. The average molecular weight is 407 g/mol. The summed E-state index contributed by atoms with van der Waals surface area (Å²) in [6.07, 6.45) is -1.01. The molecule has 1 rings (SSSR count). The average Bonchev–Trinajstić information content (AvgIpc) is 2.70. The Morgan fingerprint density at radius 3 is 2.57 bits per heavy atom. The first-order chi connectivity index (χ1) is 13.4. The zero-order chi connectivity index (χ0) is 20.9. The summed E-state index contributed by atoms with van der Waals surface area (Å²) in [5, 5.41) is 40.2. The fourth-order valence-electron chi connectivity index (χ4n) is 3.15. The third-order valence-corrected chi connectivity index (χ3v) is 4.91. The molecule has 0 aromatic heterocycles. The van der Waals surface area contributed by atoms with Gasteiger partial charge < -0.3 is 40.5 Å². The number of β-amino-alcohol motifs (C(OH)–C–C–N with tert-alkyl or cyclic N) is 1. The minimum absolute atomic E-state index is 0.141. The van der Waals surface area contributed by atoms with Gasteiger partial charge in [-0.2, -0.15) is 0 Å². The standard InChI is InChI=1S/C19H38N2O7/c1-2-3-7-14(20)19(26)21-8-6-10-27-9-4-5-11-28-18(16(24)13-22)17(25)15(23)12-21/h14-18,22-25H,2-13,20H2,1H3/t14-,15-,16-,17-,18-/m1/s1. The van der Waals surface area contributed by atoms with Crippen molar-refractivity contribution in [3.05, 3.63) is 0 Å². The minimum Gasteiger partial charge on any atom is -0.394 e. The minimum atomic E-state index is -1.46. The number of rotatable bonds is 6. The molecule has 6 N–H and O–H groups in total. The molecule has 1 amide bonds. The first-order valence-corrected chi connectivity index (χ1v) is 10.3. The number of carbonyl (C=O) groups is 1. The van der Waals surface area contributed by atoms with Crippen molar-refractivity contribution in [2.75, 3.05) is 39.5 Å². The molecule has 0 unspecified atom stereocenters. The van der Waals surface area contributed by atoms with Crippen molar-refractivity contribution >= 4 is 5.91 Å².